The Bertz CT molecular complexity index is 766. The van der Waals surface area contributed by atoms with Crippen molar-refractivity contribution in [3.05, 3.63) is 59.7 Å². The largest absolute Gasteiger partial charge is 0.497 e. The van der Waals surface area contributed by atoms with Crippen LogP contribution < -0.4 is 14.8 Å². The van der Waals surface area contributed by atoms with Crippen molar-refractivity contribution in [1.82, 2.24) is 10.2 Å². The smallest absolute Gasteiger partial charge is 0.193 e. The van der Waals surface area contributed by atoms with Crippen LogP contribution in [0.5, 0.6) is 11.5 Å². The van der Waals surface area contributed by atoms with Gasteiger partial charge < -0.3 is 19.7 Å². The number of nitrogens with one attached hydrogen (secondary N) is 1. The van der Waals surface area contributed by atoms with E-state index in [1.54, 1.807) is 20.2 Å². The summed E-state index contributed by atoms with van der Waals surface area (Å²) in [5, 5.41) is 12.3. The molecule has 6 heteroatoms. The molecule has 2 rings (SSSR count). The number of methoxy groups -OCH3 is 1. The number of hydrogen-bond donors (Lipinski definition) is 1. The van der Waals surface area contributed by atoms with Gasteiger partial charge in [-0.15, -0.1) is 0 Å². The van der Waals surface area contributed by atoms with Crippen LogP contribution >= 0.6 is 0 Å². The van der Waals surface area contributed by atoms with Gasteiger partial charge >= 0.3 is 0 Å². The molecule has 0 radical (unpaired) electrons. The number of guanidine groups is 1. The standard InChI is InChI=1S/C20H24N4O2/c1-22-20(23-15-17-6-4-5-16(13-17)14-21)24(2)11-12-26-19-9-7-18(25-3)8-10-19/h4-10,13H,11-12,15H2,1-3H3,(H,22,23). The van der Waals surface area contributed by atoms with Gasteiger partial charge in [0.05, 0.1) is 25.3 Å². The number of ether oxygens (including phenoxy) is 2. The van der Waals surface area contributed by atoms with Crippen LogP contribution in [0.15, 0.2) is 53.5 Å². The SMILES string of the molecule is CN=C(NCc1cccc(C#N)c1)N(C)CCOc1ccc(OC)cc1. The number of nitriles is 1. The van der Waals surface area contributed by atoms with Crippen LogP contribution in [0.3, 0.4) is 0 Å². The average molecular weight is 352 g/mol. The molecule has 6 nitrogen and oxygen atoms in total. The molecular weight excluding hydrogens is 328 g/mol. The lowest BCUT2D eigenvalue weighted by molar-refractivity contribution is 0.281. The summed E-state index contributed by atoms with van der Waals surface area (Å²) in [5.74, 6) is 2.38. The van der Waals surface area contributed by atoms with Gasteiger partial charge in [0.15, 0.2) is 5.96 Å². The summed E-state index contributed by atoms with van der Waals surface area (Å²) >= 11 is 0. The van der Waals surface area contributed by atoms with Crippen LogP contribution in [-0.4, -0.2) is 45.2 Å². The summed E-state index contributed by atoms with van der Waals surface area (Å²) in [4.78, 5) is 6.29. The molecule has 0 unspecified atom stereocenters. The van der Waals surface area contributed by atoms with Gasteiger partial charge in [0.2, 0.25) is 0 Å². The van der Waals surface area contributed by atoms with Crippen molar-refractivity contribution >= 4 is 5.96 Å². The molecule has 0 saturated carbocycles. The van der Waals surface area contributed by atoms with E-state index in [4.69, 9.17) is 14.7 Å². The quantitative estimate of drug-likeness (QED) is 0.613. The molecular formula is C20H24N4O2. The molecule has 0 amide bonds. The second-order valence-corrected chi connectivity index (χ2v) is 5.66. The topological polar surface area (TPSA) is 69.9 Å². The molecule has 0 atom stereocenters. The Morgan fingerprint density at radius 2 is 1.92 bits per heavy atom. The van der Waals surface area contributed by atoms with Gasteiger partial charge in [-0.05, 0) is 42.0 Å². The molecule has 0 aliphatic rings. The number of benzene rings is 2. The number of rotatable bonds is 7. The lowest BCUT2D eigenvalue weighted by atomic mass is 10.1. The van der Waals surface area contributed by atoms with Crippen molar-refractivity contribution in [2.24, 2.45) is 4.99 Å². The van der Waals surface area contributed by atoms with Crippen LogP contribution in [0.25, 0.3) is 0 Å². The van der Waals surface area contributed by atoms with Crippen LogP contribution in [0.2, 0.25) is 0 Å². The van der Waals surface area contributed by atoms with E-state index >= 15 is 0 Å². The van der Waals surface area contributed by atoms with Gasteiger partial charge in [0.1, 0.15) is 18.1 Å². The fraction of sp³-hybridized carbons (Fsp3) is 0.300. The zero-order valence-corrected chi connectivity index (χ0v) is 15.4. The Morgan fingerprint density at radius 1 is 1.19 bits per heavy atom. The first-order valence-corrected chi connectivity index (χ1v) is 8.34. The summed E-state index contributed by atoms with van der Waals surface area (Å²) in [6.45, 7) is 1.82. The molecule has 0 spiro atoms. The van der Waals surface area contributed by atoms with E-state index < -0.39 is 0 Å². The molecule has 2 aromatic carbocycles. The Kier molecular flexibility index (Phi) is 7.31. The minimum absolute atomic E-state index is 0.535. The highest BCUT2D eigenvalue weighted by Crippen LogP contribution is 2.16. The van der Waals surface area contributed by atoms with E-state index in [2.05, 4.69) is 16.4 Å². The van der Waals surface area contributed by atoms with Gasteiger partial charge in [-0.25, -0.2) is 0 Å². The van der Waals surface area contributed by atoms with Crippen molar-refractivity contribution in [2.45, 2.75) is 6.54 Å². The fourth-order valence-corrected chi connectivity index (χ4v) is 2.39. The lowest BCUT2D eigenvalue weighted by Crippen LogP contribution is -2.40. The van der Waals surface area contributed by atoms with Crippen molar-refractivity contribution in [3.8, 4) is 17.6 Å². The predicted octanol–water partition coefficient (Wildman–Crippen LogP) is 2.65. The van der Waals surface area contributed by atoms with Crippen LogP contribution in [0, 0.1) is 11.3 Å². The highest BCUT2D eigenvalue weighted by atomic mass is 16.5. The second-order valence-electron chi connectivity index (χ2n) is 5.66. The molecule has 1 N–H and O–H groups in total. The normalized spacial score (nSPS) is 10.8. The van der Waals surface area contributed by atoms with E-state index in [0.29, 0.717) is 25.3 Å². The number of aliphatic imine (C=N–C) groups is 1. The predicted molar refractivity (Wildman–Crippen MR) is 102 cm³/mol. The second kappa shape index (κ2) is 9.94. The fourth-order valence-electron chi connectivity index (χ4n) is 2.39. The summed E-state index contributed by atoms with van der Waals surface area (Å²) < 4.78 is 10.9. The third-order valence-corrected chi connectivity index (χ3v) is 3.83. The van der Waals surface area contributed by atoms with E-state index in [-0.39, 0.29) is 0 Å². The Hall–Kier alpha value is -3.20. The maximum atomic E-state index is 8.97. The molecule has 26 heavy (non-hydrogen) atoms. The van der Waals surface area contributed by atoms with Gasteiger partial charge in [0, 0.05) is 20.6 Å². The van der Waals surface area contributed by atoms with E-state index in [1.165, 1.54) is 0 Å². The lowest BCUT2D eigenvalue weighted by Gasteiger charge is -2.22. The summed E-state index contributed by atoms with van der Waals surface area (Å²) in [7, 11) is 5.34. The third kappa shape index (κ3) is 5.71. The highest BCUT2D eigenvalue weighted by molar-refractivity contribution is 5.79. The molecule has 0 aromatic heterocycles. The molecule has 0 heterocycles. The molecule has 0 bridgehead atoms. The van der Waals surface area contributed by atoms with E-state index in [0.717, 1.165) is 23.0 Å². The first kappa shape index (κ1) is 19.1. The van der Waals surface area contributed by atoms with Crippen molar-refractivity contribution < 1.29 is 9.47 Å². The zero-order chi connectivity index (χ0) is 18.8. The number of likely N-dealkylation sites (N-methyl/N-ethyl adjacent to an activating group) is 1. The van der Waals surface area contributed by atoms with Crippen molar-refractivity contribution in [3.63, 3.8) is 0 Å². The van der Waals surface area contributed by atoms with Crippen LogP contribution in [0.1, 0.15) is 11.1 Å². The Labute approximate surface area is 154 Å². The summed E-state index contributed by atoms with van der Waals surface area (Å²) in [5.41, 5.74) is 1.69. The van der Waals surface area contributed by atoms with E-state index in [1.807, 2.05) is 54.4 Å². The summed E-state index contributed by atoms with van der Waals surface area (Å²) in [6.07, 6.45) is 0. The first-order chi connectivity index (χ1) is 12.7. The van der Waals surface area contributed by atoms with Crippen molar-refractivity contribution in [2.75, 3.05) is 34.4 Å². The van der Waals surface area contributed by atoms with Gasteiger partial charge in [0.25, 0.3) is 0 Å². The van der Waals surface area contributed by atoms with Gasteiger partial charge in [-0.2, -0.15) is 5.26 Å². The Morgan fingerprint density at radius 3 is 2.58 bits per heavy atom. The molecule has 0 aliphatic heterocycles. The molecule has 0 aliphatic carbocycles. The minimum atomic E-state index is 0.535. The number of nitrogens with zero attached hydrogens (tertiary/aromatic N) is 3. The molecule has 0 fully saturated rings. The van der Waals surface area contributed by atoms with Crippen LogP contribution in [0.4, 0.5) is 0 Å². The molecule has 2 aromatic rings. The maximum Gasteiger partial charge on any atom is 0.193 e. The minimum Gasteiger partial charge on any atom is -0.497 e. The monoisotopic (exact) mass is 352 g/mol. The Balaban J connectivity index is 1.80. The summed E-state index contributed by atoms with van der Waals surface area (Å²) in [6, 6.07) is 17.2. The van der Waals surface area contributed by atoms with Gasteiger partial charge in [-0.1, -0.05) is 12.1 Å². The molecule has 136 valence electrons. The van der Waals surface area contributed by atoms with Crippen LogP contribution in [-0.2, 0) is 6.54 Å². The first-order valence-electron chi connectivity index (χ1n) is 8.34. The van der Waals surface area contributed by atoms with Gasteiger partial charge in [-0.3, -0.25) is 4.99 Å². The third-order valence-electron chi connectivity index (χ3n) is 3.83. The maximum absolute atomic E-state index is 8.97. The highest BCUT2D eigenvalue weighted by Gasteiger charge is 2.06. The average Bonchev–Trinajstić information content (AvgIpc) is 2.69. The molecule has 0 saturated heterocycles. The zero-order valence-electron chi connectivity index (χ0n) is 15.4. The van der Waals surface area contributed by atoms with E-state index in [9.17, 15) is 0 Å². The van der Waals surface area contributed by atoms with Crippen molar-refractivity contribution in [1.29, 1.82) is 5.26 Å². The number of hydrogen-bond acceptors (Lipinski definition) is 4.